The molecule has 0 heterocycles. The van der Waals surface area contributed by atoms with Gasteiger partial charge in [0.05, 0.1) is 6.61 Å². The van der Waals surface area contributed by atoms with Crippen LogP contribution in [0.15, 0.2) is 12.2 Å². The van der Waals surface area contributed by atoms with E-state index in [1.54, 1.807) is 0 Å². The smallest absolute Gasteiger partial charge is 0.312 e. The zero-order valence-corrected chi connectivity index (χ0v) is 17.3. The average molecular weight is 361 g/mol. The SMILES string of the molecule is CCCCCCCC/C=C\CCCCCCCCOP(C)(=O)OC. The van der Waals surface area contributed by atoms with Crippen LogP contribution in [-0.2, 0) is 13.6 Å². The fourth-order valence-electron chi connectivity index (χ4n) is 2.63. The van der Waals surface area contributed by atoms with Gasteiger partial charge < -0.3 is 9.05 Å². The van der Waals surface area contributed by atoms with E-state index in [4.69, 9.17) is 9.05 Å². The van der Waals surface area contributed by atoms with Gasteiger partial charge in [0.1, 0.15) is 0 Å². The summed E-state index contributed by atoms with van der Waals surface area (Å²) in [6.45, 7) is 4.33. The summed E-state index contributed by atoms with van der Waals surface area (Å²) < 4.78 is 21.5. The van der Waals surface area contributed by atoms with Gasteiger partial charge >= 0.3 is 7.60 Å². The molecular formula is C20H41O3P. The van der Waals surface area contributed by atoms with Gasteiger partial charge in [-0.15, -0.1) is 0 Å². The van der Waals surface area contributed by atoms with E-state index in [-0.39, 0.29) is 0 Å². The molecule has 24 heavy (non-hydrogen) atoms. The van der Waals surface area contributed by atoms with Crippen molar-refractivity contribution in [2.45, 2.75) is 96.8 Å². The molecule has 3 nitrogen and oxygen atoms in total. The Balaban J connectivity index is 3.17. The largest absolute Gasteiger partial charge is 0.327 e. The molecule has 0 aromatic rings. The monoisotopic (exact) mass is 360 g/mol. The van der Waals surface area contributed by atoms with Crippen molar-refractivity contribution in [3.8, 4) is 0 Å². The van der Waals surface area contributed by atoms with Crippen molar-refractivity contribution in [3.63, 3.8) is 0 Å². The van der Waals surface area contributed by atoms with Crippen molar-refractivity contribution in [2.24, 2.45) is 0 Å². The third kappa shape index (κ3) is 18.2. The van der Waals surface area contributed by atoms with Gasteiger partial charge in [-0.05, 0) is 32.1 Å². The summed E-state index contributed by atoms with van der Waals surface area (Å²) in [5.41, 5.74) is 0. The summed E-state index contributed by atoms with van der Waals surface area (Å²) in [5, 5.41) is 0. The highest BCUT2D eigenvalue weighted by Gasteiger charge is 2.12. The molecule has 0 spiro atoms. The Morgan fingerprint density at radius 3 is 1.71 bits per heavy atom. The highest BCUT2D eigenvalue weighted by Crippen LogP contribution is 2.42. The fourth-order valence-corrected chi connectivity index (χ4v) is 3.20. The highest BCUT2D eigenvalue weighted by atomic mass is 31.2. The topological polar surface area (TPSA) is 35.5 Å². The van der Waals surface area contributed by atoms with Crippen LogP contribution < -0.4 is 0 Å². The maximum atomic E-state index is 11.5. The van der Waals surface area contributed by atoms with Gasteiger partial charge in [0.25, 0.3) is 0 Å². The summed E-state index contributed by atoms with van der Waals surface area (Å²) in [4.78, 5) is 0. The molecule has 0 aliphatic heterocycles. The van der Waals surface area contributed by atoms with Gasteiger partial charge in [0.2, 0.25) is 0 Å². The van der Waals surface area contributed by atoms with E-state index in [1.807, 2.05) is 0 Å². The summed E-state index contributed by atoms with van der Waals surface area (Å²) in [6.07, 6.45) is 22.8. The molecule has 0 aliphatic carbocycles. The maximum absolute atomic E-state index is 11.5. The summed E-state index contributed by atoms with van der Waals surface area (Å²) in [5.74, 6) is 0. The molecule has 0 rings (SSSR count). The molecule has 144 valence electrons. The molecule has 4 heteroatoms. The second kappa shape index (κ2) is 17.7. The summed E-state index contributed by atoms with van der Waals surface area (Å²) in [6, 6.07) is 0. The van der Waals surface area contributed by atoms with Crippen LogP contribution in [0.25, 0.3) is 0 Å². The first-order chi connectivity index (χ1) is 11.6. The Morgan fingerprint density at radius 1 is 0.750 bits per heavy atom. The number of hydrogen-bond donors (Lipinski definition) is 0. The van der Waals surface area contributed by atoms with Crippen molar-refractivity contribution in [2.75, 3.05) is 20.4 Å². The lowest BCUT2D eigenvalue weighted by Gasteiger charge is -2.10. The van der Waals surface area contributed by atoms with Crippen LogP contribution in [0.3, 0.4) is 0 Å². The zero-order chi connectivity index (χ0) is 17.9. The Hall–Kier alpha value is -0.110. The molecule has 0 bridgehead atoms. The molecule has 0 radical (unpaired) electrons. The molecule has 0 amide bonds. The van der Waals surface area contributed by atoms with Crippen LogP contribution in [0.5, 0.6) is 0 Å². The molecule has 0 N–H and O–H groups in total. The van der Waals surface area contributed by atoms with Crippen molar-refractivity contribution >= 4 is 7.60 Å². The first kappa shape index (κ1) is 23.9. The number of rotatable bonds is 18. The molecule has 0 aromatic heterocycles. The normalized spacial score (nSPS) is 14.3. The van der Waals surface area contributed by atoms with Gasteiger partial charge in [0, 0.05) is 13.8 Å². The van der Waals surface area contributed by atoms with Gasteiger partial charge in [-0.3, -0.25) is 4.57 Å². The van der Waals surface area contributed by atoms with Gasteiger partial charge in [-0.25, -0.2) is 0 Å². The quantitative estimate of drug-likeness (QED) is 0.144. The fraction of sp³-hybridized carbons (Fsp3) is 0.900. The van der Waals surface area contributed by atoms with Crippen molar-refractivity contribution in [1.29, 1.82) is 0 Å². The van der Waals surface area contributed by atoms with E-state index in [0.717, 1.165) is 12.8 Å². The van der Waals surface area contributed by atoms with Gasteiger partial charge in [-0.1, -0.05) is 76.9 Å². The van der Waals surface area contributed by atoms with Crippen molar-refractivity contribution < 1.29 is 13.6 Å². The third-order valence-corrected chi connectivity index (χ3v) is 5.63. The van der Waals surface area contributed by atoms with Crippen LogP contribution in [0, 0.1) is 0 Å². The Morgan fingerprint density at radius 2 is 1.21 bits per heavy atom. The standard InChI is InChI=1S/C20H41O3P/c1-4-5-6-7-8-9-10-11-12-13-14-15-16-17-18-19-20-23-24(3,21)22-2/h11-12H,4-10,13-20H2,1-3H3/b12-11-. The molecule has 0 saturated heterocycles. The molecule has 1 unspecified atom stereocenters. The van der Waals surface area contributed by atoms with E-state index in [1.165, 1.54) is 90.8 Å². The van der Waals surface area contributed by atoms with E-state index in [0.29, 0.717) is 6.61 Å². The minimum absolute atomic E-state index is 0.544. The minimum Gasteiger partial charge on any atom is -0.312 e. The van der Waals surface area contributed by atoms with Gasteiger partial charge in [0.15, 0.2) is 0 Å². The average Bonchev–Trinajstić information content (AvgIpc) is 2.57. The van der Waals surface area contributed by atoms with Crippen LogP contribution in [-0.4, -0.2) is 20.4 Å². The number of allylic oxidation sites excluding steroid dienone is 2. The molecular weight excluding hydrogens is 319 g/mol. The van der Waals surface area contributed by atoms with Crippen LogP contribution in [0.2, 0.25) is 0 Å². The van der Waals surface area contributed by atoms with Crippen LogP contribution in [0.4, 0.5) is 0 Å². The molecule has 0 aliphatic rings. The van der Waals surface area contributed by atoms with Crippen LogP contribution >= 0.6 is 7.60 Å². The zero-order valence-electron chi connectivity index (χ0n) is 16.4. The summed E-state index contributed by atoms with van der Waals surface area (Å²) >= 11 is 0. The Kier molecular flexibility index (Phi) is 17.6. The lowest BCUT2D eigenvalue weighted by Crippen LogP contribution is -1.94. The predicted octanol–water partition coefficient (Wildman–Crippen LogP) is 7.51. The molecule has 1 atom stereocenters. The van der Waals surface area contributed by atoms with E-state index in [2.05, 4.69) is 19.1 Å². The first-order valence-electron chi connectivity index (χ1n) is 10.0. The second-order valence-electron chi connectivity index (χ2n) is 6.72. The van der Waals surface area contributed by atoms with E-state index in [9.17, 15) is 4.57 Å². The first-order valence-corrected chi connectivity index (χ1v) is 12.0. The highest BCUT2D eigenvalue weighted by molar-refractivity contribution is 7.52. The molecule has 0 aromatic carbocycles. The lowest BCUT2D eigenvalue weighted by molar-refractivity contribution is 0.233. The van der Waals surface area contributed by atoms with E-state index < -0.39 is 7.60 Å². The summed E-state index contributed by atoms with van der Waals surface area (Å²) in [7, 11) is -1.34. The van der Waals surface area contributed by atoms with Crippen molar-refractivity contribution in [3.05, 3.63) is 12.2 Å². The Labute approximate surface area is 151 Å². The third-order valence-electron chi connectivity index (χ3n) is 4.31. The molecule has 0 saturated carbocycles. The van der Waals surface area contributed by atoms with Gasteiger partial charge in [-0.2, -0.15) is 0 Å². The van der Waals surface area contributed by atoms with Crippen molar-refractivity contribution in [1.82, 2.24) is 0 Å². The maximum Gasteiger partial charge on any atom is 0.327 e. The van der Waals surface area contributed by atoms with Crippen LogP contribution in [0.1, 0.15) is 96.8 Å². The second-order valence-corrected chi connectivity index (χ2v) is 8.89. The molecule has 0 fully saturated rings. The number of unbranched alkanes of at least 4 members (excludes halogenated alkanes) is 12. The predicted molar refractivity (Wildman–Crippen MR) is 106 cm³/mol. The Bertz CT molecular complexity index is 329. The lowest BCUT2D eigenvalue weighted by atomic mass is 10.1. The number of hydrogen-bond acceptors (Lipinski definition) is 3. The van der Waals surface area contributed by atoms with E-state index >= 15 is 0 Å². The minimum atomic E-state index is -2.77.